The van der Waals surface area contributed by atoms with E-state index >= 15 is 0 Å². The lowest BCUT2D eigenvalue weighted by molar-refractivity contribution is 0.494. The third kappa shape index (κ3) is 3.73. The summed E-state index contributed by atoms with van der Waals surface area (Å²) in [6, 6.07) is 9.20. The van der Waals surface area contributed by atoms with Crippen LogP contribution in [0.3, 0.4) is 0 Å². The predicted octanol–water partition coefficient (Wildman–Crippen LogP) is 4.49. The van der Waals surface area contributed by atoms with Gasteiger partial charge >= 0.3 is 0 Å². The van der Waals surface area contributed by atoms with E-state index in [1.807, 2.05) is 6.92 Å². The summed E-state index contributed by atoms with van der Waals surface area (Å²) in [6.45, 7) is 9.59. The molecule has 1 atom stereocenters. The van der Waals surface area contributed by atoms with E-state index in [0.717, 1.165) is 25.1 Å². The molecule has 108 valence electrons. The van der Waals surface area contributed by atoms with E-state index in [2.05, 4.69) is 50.4 Å². The highest BCUT2D eigenvalue weighted by molar-refractivity contribution is 5.31. The van der Waals surface area contributed by atoms with Crippen molar-refractivity contribution in [2.45, 2.75) is 46.6 Å². The SMILES string of the molecule is CCCNC(Cc1cc(C)cc(C)c1)c1ccoc1C. The van der Waals surface area contributed by atoms with Crippen LogP contribution in [0.4, 0.5) is 0 Å². The summed E-state index contributed by atoms with van der Waals surface area (Å²) >= 11 is 0. The molecule has 1 aromatic carbocycles. The van der Waals surface area contributed by atoms with E-state index in [1.54, 1.807) is 6.26 Å². The Morgan fingerprint density at radius 2 is 1.80 bits per heavy atom. The zero-order valence-electron chi connectivity index (χ0n) is 13.0. The van der Waals surface area contributed by atoms with Gasteiger partial charge in [-0.2, -0.15) is 0 Å². The average Bonchev–Trinajstić information content (AvgIpc) is 2.79. The highest BCUT2D eigenvalue weighted by atomic mass is 16.3. The van der Waals surface area contributed by atoms with Gasteiger partial charge < -0.3 is 9.73 Å². The van der Waals surface area contributed by atoms with E-state index in [1.165, 1.54) is 22.3 Å². The number of benzene rings is 1. The van der Waals surface area contributed by atoms with Crippen LogP contribution in [0.15, 0.2) is 34.9 Å². The van der Waals surface area contributed by atoms with Crippen molar-refractivity contribution in [3.8, 4) is 0 Å². The summed E-state index contributed by atoms with van der Waals surface area (Å²) in [5.74, 6) is 1.02. The van der Waals surface area contributed by atoms with E-state index in [-0.39, 0.29) is 0 Å². The summed E-state index contributed by atoms with van der Waals surface area (Å²) in [6.07, 6.45) is 3.93. The number of hydrogen-bond acceptors (Lipinski definition) is 2. The van der Waals surface area contributed by atoms with Crippen LogP contribution in [0, 0.1) is 20.8 Å². The molecule has 0 aliphatic rings. The number of rotatable bonds is 6. The zero-order valence-corrected chi connectivity index (χ0v) is 13.0. The van der Waals surface area contributed by atoms with Gasteiger partial charge in [0, 0.05) is 11.6 Å². The summed E-state index contributed by atoms with van der Waals surface area (Å²) in [5.41, 5.74) is 5.32. The van der Waals surface area contributed by atoms with E-state index in [9.17, 15) is 0 Å². The minimum absolute atomic E-state index is 0.329. The van der Waals surface area contributed by atoms with Gasteiger partial charge in [-0.1, -0.05) is 36.2 Å². The van der Waals surface area contributed by atoms with E-state index in [0.29, 0.717) is 6.04 Å². The van der Waals surface area contributed by atoms with Crippen molar-refractivity contribution in [3.63, 3.8) is 0 Å². The standard InChI is InChI=1S/C18H25NO/c1-5-7-19-18(17-6-8-20-15(17)4)12-16-10-13(2)9-14(3)11-16/h6,8-11,18-19H,5,7,12H2,1-4H3. The first-order chi connectivity index (χ1) is 9.60. The topological polar surface area (TPSA) is 25.2 Å². The maximum Gasteiger partial charge on any atom is 0.105 e. The fourth-order valence-electron chi connectivity index (χ4n) is 2.79. The fourth-order valence-corrected chi connectivity index (χ4v) is 2.79. The predicted molar refractivity (Wildman–Crippen MR) is 84.1 cm³/mol. The lowest BCUT2D eigenvalue weighted by Crippen LogP contribution is -2.24. The Kier molecular flexibility index (Phi) is 5.02. The number of hydrogen-bond donors (Lipinski definition) is 1. The van der Waals surface area contributed by atoms with Crippen LogP contribution in [-0.4, -0.2) is 6.54 Å². The van der Waals surface area contributed by atoms with E-state index < -0.39 is 0 Å². The molecule has 0 aliphatic heterocycles. The van der Waals surface area contributed by atoms with Crippen LogP contribution >= 0.6 is 0 Å². The van der Waals surface area contributed by atoms with Crippen molar-refractivity contribution in [2.24, 2.45) is 0 Å². The molecule has 0 saturated carbocycles. The van der Waals surface area contributed by atoms with Gasteiger partial charge in [0.1, 0.15) is 5.76 Å². The molecule has 2 rings (SSSR count). The summed E-state index contributed by atoms with van der Waals surface area (Å²) in [4.78, 5) is 0. The van der Waals surface area contributed by atoms with Gasteiger partial charge in [-0.05, 0) is 51.8 Å². The molecule has 0 radical (unpaired) electrons. The first-order valence-electron chi connectivity index (χ1n) is 7.44. The highest BCUT2D eigenvalue weighted by Gasteiger charge is 2.16. The van der Waals surface area contributed by atoms with E-state index in [4.69, 9.17) is 4.42 Å². The fraction of sp³-hybridized carbons (Fsp3) is 0.444. The number of aryl methyl sites for hydroxylation is 3. The van der Waals surface area contributed by atoms with Gasteiger partial charge in [0.25, 0.3) is 0 Å². The second kappa shape index (κ2) is 6.76. The first kappa shape index (κ1) is 14.9. The van der Waals surface area contributed by atoms with Crippen molar-refractivity contribution in [3.05, 3.63) is 58.5 Å². The van der Waals surface area contributed by atoms with Crippen molar-refractivity contribution in [1.82, 2.24) is 5.32 Å². The Bertz CT molecular complexity index is 536. The van der Waals surface area contributed by atoms with Gasteiger partial charge in [-0.3, -0.25) is 0 Å². The van der Waals surface area contributed by atoms with Crippen molar-refractivity contribution in [2.75, 3.05) is 6.54 Å². The largest absolute Gasteiger partial charge is 0.469 e. The molecule has 0 amide bonds. The molecule has 0 bridgehead atoms. The second-order valence-corrected chi connectivity index (χ2v) is 5.64. The maximum atomic E-state index is 5.47. The quantitative estimate of drug-likeness (QED) is 0.837. The molecule has 0 saturated heterocycles. The van der Waals surface area contributed by atoms with Gasteiger partial charge in [0.15, 0.2) is 0 Å². The van der Waals surface area contributed by atoms with Gasteiger partial charge in [0.05, 0.1) is 6.26 Å². The van der Waals surface area contributed by atoms with Crippen molar-refractivity contribution in [1.29, 1.82) is 0 Å². The third-order valence-corrected chi connectivity index (χ3v) is 3.64. The van der Waals surface area contributed by atoms with Crippen LogP contribution in [0.1, 0.15) is 47.4 Å². The van der Waals surface area contributed by atoms with Crippen molar-refractivity contribution < 1.29 is 4.42 Å². The molecule has 2 aromatic rings. The Morgan fingerprint density at radius 1 is 1.10 bits per heavy atom. The smallest absolute Gasteiger partial charge is 0.105 e. The Morgan fingerprint density at radius 3 is 2.35 bits per heavy atom. The highest BCUT2D eigenvalue weighted by Crippen LogP contribution is 2.23. The molecular weight excluding hydrogens is 246 g/mol. The minimum Gasteiger partial charge on any atom is -0.469 e. The minimum atomic E-state index is 0.329. The second-order valence-electron chi connectivity index (χ2n) is 5.64. The van der Waals surface area contributed by atoms with Crippen LogP contribution in [0.2, 0.25) is 0 Å². The monoisotopic (exact) mass is 271 g/mol. The summed E-state index contributed by atoms with van der Waals surface area (Å²) in [5, 5.41) is 3.64. The maximum absolute atomic E-state index is 5.47. The molecule has 1 N–H and O–H groups in total. The molecule has 0 fully saturated rings. The summed E-state index contributed by atoms with van der Waals surface area (Å²) < 4.78 is 5.47. The molecule has 0 spiro atoms. The first-order valence-corrected chi connectivity index (χ1v) is 7.44. The van der Waals surface area contributed by atoms with Gasteiger partial charge in [-0.15, -0.1) is 0 Å². The summed E-state index contributed by atoms with van der Waals surface area (Å²) in [7, 11) is 0. The molecule has 0 aliphatic carbocycles. The van der Waals surface area contributed by atoms with Crippen LogP contribution < -0.4 is 5.32 Å². The van der Waals surface area contributed by atoms with Gasteiger partial charge in [-0.25, -0.2) is 0 Å². The zero-order chi connectivity index (χ0) is 14.5. The van der Waals surface area contributed by atoms with Crippen LogP contribution in [-0.2, 0) is 6.42 Å². The molecule has 1 heterocycles. The Balaban J connectivity index is 2.21. The van der Waals surface area contributed by atoms with Crippen LogP contribution in [0.5, 0.6) is 0 Å². The Hall–Kier alpha value is -1.54. The molecular formula is C18H25NO. The molecule has 2 heteroatoms. The molecule has 20 heavy (non-hydrogen) atoms. The normalized spacial score (nSPS) is 12.6. The van der Waals surface area contributed by atoms with Crippen LogP contribution in [0.25, 0.3) is 0 Å². The molecule has 2 nitrogen and oxygen atoms in total. The average molecular weight is 271 g/mol. The molecule has 1 aromatic heterocycles. The number of furan rings is 1. The Labute approximate surface area is 122 Å². The van der Waals surface area contributed by atoms with Crippen molar-refractivity contribution >= 4 is 0 Å². The lowest BCUT2D eigenvalue weighted by atomic mass is 9.96. The molecule has 1 unspecified atom stereocenters. The third-order valence-electron chi connectivity index (χ3n) is 3.64. The van der Waals surface area contributed by atoms with Gasteiger partial charge in [0.2, 0.25) is 0 Å². The lowest BCUT2D eigenvalue weighted by Gasteiger charge is -2.19. The number of nitrogens with one attached hydrogen (secondary N) is 1.